The van der Waals surface area contributed by atoms with Crippen LogP contribution in [-0.4, -0.2) is 34.8 Å². The molecule has 1 N–H and O–H groups in total. The molecule has 0 fully saturated rings. The van der Waals surface area contributed by atoms with Crippen LogP contribution in [0.15, 0.2) is 6.20 Å². The van der Waals surface area contributed by atoms with Crippen LogP contribution in [0.2, 0.25) is 0 Å². The number of carbonyl (C=O) groups is 2. The van der Waals surface area contributed by atoms with Crippen molar-refractivity contribution in [3.05, 3.63) is 17.5 Å². The van der Waals surface area contributed by atoms with Crippen molar-refractivity contribution in [1.29, 1.82) is 0 Å². The smallest absolute Gasteiger partial charge is 0.342 e. The molecular weight excluding hydrogens is 210 g/mol. The van der Waals surface area contributed by atoms with E-state index in [4.69, 9.17) is 4.74 Å². The van der Waals surface area contributed by atoms with E-state index in [1.165, 1.54) is 6.20 Å². The zero-order valence-corrected chi connectivity index (χ0v) is 9.19. The van der Waals surface area contributed by atoms with Crippen LogP contribution >= 0.6 is 0 Å². The van der Waals surface area contributed by atoms with Crippen molar-refractivity contribution in [2.45, 2.75) is 19.9 Å². The summed E-state index contributed by atoms with van der Waals surface area (Å²) in [6.07, 6.45) is 1.38. The second-order valence-electron chi connectivity index (χ2n) is 3.63. The molecule has 1 aliphatic rings. The maximum atomic E-state index is 11.6. The molecule has 0 saturated carbocycles. The van der Waals surface area contributed by atoms with Crippen LogP contribution in [0, 0.1) is 0 Å². The third-order valence-electron chi connectivity index (χ3n) is 2.48. The number of aromatic nitrogens is 2. The number of carbonyl (C=O) groups excluding carboxylic acids is 2. The van der Waals surface area contributed by atoms with Crippen LogP contribution in [0.1, 0.15) is 40.7 Å². The number of hydrogen-bond acceptors (Lipinski definition) is 4. The van der Waals surface area contributed by atoms with Gasteiger partial charge in [0.25, 0.3) is 5.91 Å². The Morgan fingerprint density at radius 3 is 3.19 bits per heavy atom. The van der Waals surface area contributed by atoms with Gasteiger partial charge in [-0.05, 0) is 13.8 Å². The van der Waals surface area contributed by atoms with Gasteiger partial charge in [0.1, 0.15) is 11.3 Å². The van der Waals surface area contributed by atoms with Crippen molar-refractivity contribution < 1.29 is 14.3 Å². The molecule has 0 spiro atoms. The Balaban J connectivity index is 2.42. The van der Waals surface area contributed by atoms with Gasteiger partial charge in [-0.1, -0.05) is 0 Å². The minimum absolute atomic E-state index is 0.0517. The number of nitrogens with one attached hydrogen (secondary N) is 1. The van der Waals surface area contributed by atoms with E-state index in [0.717, 1.165) is 0 Å². The fourth-order valence-corrected chi connectivity index (χ4v) is 1.69. The van der Waals surface area contributed by atoms with Gasteiger partial charge < -0.3 is 10.1 Å². The predicted molar refractivity (Wildman–Crippen MR) is 55.2 cm³/mol. The average Bonchev–Trinajstić information content (AvgIpc) is 2.69. The van der Waals surface area contributed by atoms with Crippen molar-refractivity contribution in [1.82, 2.24) is 15.1 Å². The Bertz CT molecular complexity index is 439. The van der Waals surface area contributed by atoms with E-state index in [2.05, 4.69) is 10.4 Å². The quantitative estimate of drug-likeness (QED) is 0.735. The molecule has 0 aromatic carbocycles. The minimum Gasteiger partial charge on any atom is -0.462 e. The van der Waals surface area contributed by atoms with Gasteiger partial charge in [0.2, 0.25) is 0 Å². The Morgan fingerprint density at radius 2 is 2.50 bits per heavy atom. The number of hydrogen-bond donors (Lipinski definition) is 1. The van der Waals surface area contributed by atoms with Crippen molar-refractivity contribution in [3.8, 4) is 0 Å². The van der Waals surface area contributed by atoms with E-state index in [1.54, 1.807) is 11.6 Å². The second kappa shape index (κ2) is 3.96. The first-order valence-electron chi connectivity index (χ1n) is 5.18. The van der Waals surface area contributed by atoms with Crippen LogP contribution in [0.3, 0.4) is 0 Å². The van der Waals surface area contributed by atoms with Gasteiger partial charge in [0.15, 0.2) is 0 Å². The highest BCUT2D eigenvalue weighted by Gasteiger charge is 2.29. The highest BCUT2D eigenvalue weighted by Crippen LogP contribution is 2.18. The molecule has 6 heteroatoms. The SMILES string of the molecule is CCOC(=O)c1cnn2c1C(=O)NC[C@@H]2C. The van der Waals surface area contributed by atoms with Crippen LogP contribution < -0.4 is 5.32 Å². The predicted octanol–water partition coefficient (Wildman–Crippen LogP) is 0.364. The number of esters is 1. The summed E-state index contributed by atoms with van der Waals surface area (Å²) in [5.74, 6) is -0.786. The summed E-state index contributed by atoms with van der Waals surface area (Å²) < 4.78 is 6.42. The molecule has 0 radical (unpaired) electrons. The van der Waals surface area contributed by atoms with Gasteiger partial charge in [-0.3, -0.25) is 9.48 Å². The Hall–Kier alpha value is -1.85. The van der Waals surface area contributed by atoms with E-state index in [9.17, 15) is 9.59 Å². The number of ether oxygens (including phenoxy) is 1. The van der Waals surface area contributed by atoms with Gasteiger partial charge in [0.05, 0.1) is 18.8 Å². The lowest BCUT2D eigenvalue weighted by Gasteiger charge is -2.21. The molecule has 1 amide bonds. The minimum atomic E-state index is -0.506. The molecule has 1 aromatic heterocycles. The van der Waals surface area contributed by atoms with Gasteiger partial charge in [-0.15, -0.1) is 0 Å². The number of rotatable bonds is 2. The largest absolute Gasteiger partial charge is 0.462 e. The average molecular weight is 223 g/mol. The summed E-state index contributed by atoms with van der Waals surface area (Å²) >= 11 is 0. The Morgan fingerprint density at radius 1 is 1.75 bits per heavy atom. The summed E-state index contributed by atoms with van der Waals surface area (Å²) in [6.45, 7) is 4.44. The highest BCUT2D eigenvalue weighted by molar-refractivity contribution is 6.04. The first-order valence-corrected chi connectivity index (χ1v) is 5.18. The van der Waals surface area contributed by atoms with Gasteiger partial charge in [-0.25, -0.2) is 4.79 Å². The lowest BCUT2D eigenvalue weighted by atomic mass is 10.2. The lowest BCUT2D eigenvalue weighted by Crippen LogP contribution is -2.39. The zero-order valence-electron chi connectivity index (χ0n) is 9.19. The van der Waals surface area contributed by atoms with Crippen LogP contribution in [0.4, 0.5) is 0 Å². The van der Waals surface area contributed by atoms with E-state index in [-0.39, 0.29) is 29.8 Å². The topological polar surface area (TPSA) is 73.2 Å². The molecular formula is C10H13N3O3. The standard InChI is InChI=1S/C10H13N3O3/c1-3-16-10(15)7-5-12-13-6(2)4-11-9(14)8(7)13/h5-6H,3-4H2,1-2H3,(H,11,14)/t6-/m0/s1. The summed E-state index contributed by atoms with van der Waals surface area (Å²) in [6, 6.07) is 0.0517. The first-order chi connectivity index (χ1) is 7.65. The van der Waals surface area contributed by atoms with E-state index < -0.39 is 5.97 Å². The van der Waals surface area contributed by atoms with Crippen LogP contribution in [-0.2, 0) is 4.74 Å². The fraction of sp³-hybridized carbons (Fsp3) is 0.500. The molecule has 2 heterocycles. The molecule has 0 aliphatic carbocycles. The van der Waals surface area contributed by atoms with Gasteiger partial charge in [-0.2, -0.15) is 5.10 Å². The third kappa shape index (κ3) is 1.56. The second-order valence-corrected chi connectivity index (χ2v) is 3.63. The van der Waals surface area contributed by atoms with Crippen molar-refractivity contribution in [3.63, 3.8) is 0 Å². The molecule has 0 saturated heterocycles. The van der Waals surface area contributed by atoms with Crippen molar-refractivity contribution >= 4 is 11.9 Å². The van der Waals surface area contributed by atoms with E-state index >= 15 is 0 Å². The number of amides is 1. The lowest BCUT2D eigenvalue weighted by molar-refractivity contribution is 0.0521. The summed E-state index contributed by atoms with van der Waals surface area (Å²) in [5, 5.41) is 6.75. The molecule has 16 heavy (non-hydrogen) atoms. The maximum absolute atomic E-state index is 11.6. The van der Waals surface area contributed by atoms with Crippen molar-refractivity contribution in [2.24, 2.45) is 0 Å². The van der Waals surface area contributed by atoms with Crippen LogP contribution in [0.25, 0.3) is 0 Å². The fourth-order valence-electron chi connectivity index (χ4n) is 1.69. The van der Waals surface area contributed by atoms with E-state index in [1.807, 2.05) is 6.92 Å². The molecule has 0 unspecified atom stereocenters. The Labute approximate surface area is 92.6 Å². The first kappa shape index (κ1) is 10.7. The molecule has 1 aromatic rings. The Kier molecular flexibility index (Phi) is 2.64. The molecule has 6 nitrogen and oxygen atoms in total. The molecule has 1 atom stereocenters. The number of fused-ring (bicyclic) bond motifs is 1. The van der Waals surface area contributed by atoms with E-state index in [0.29, 0.717) is 6.54 Å². The van der Waals surface area contributed by atoms with Crippen molar-refractivity contribution in [2.75, 3.05) is 13.2 Å². The zero-order chi connectivity index (χ0) is 11.7. The molecule has 2 rings (SSSR count). The third-order valence-corrected chi connectivity index (χ3v) is 2.48. The monoisotopic (exact) mass is 223 g/mol. The molecule has 0 bridgehead atoms. The summed E-state index contributed by atoms with van der Waals surface area (Å²) in [7, 11) is 0. The highest BCUT2D eigenvalue weighted by atomic mass is 16.5. The summed E-state index contributed by atoms with van der Waals surface area (Å²) in [5.41, 5.74) is 0.517. The normalized spacial score (nSPS) is 18.9. The summed E-state index contributed by atoms with van der Waals surface area (Å²) in [4.78, 5) is 23.2. The van der Waals surface area contributed by atoms with Gasteiger partial charge >= 0.3 is 5.97 Å². The van der Waals surface area contributed by atoms with Crippen LogP contribution in [0.5, 0.6) is 0 Å². The number of nitrogens with zero attached hydrogens (tertiary/aromatic N) is 2. The molecule has 1 aliphatic heterocycles. The van der Waals surface area contributed by atoms with Gasteiger partial charge in [0, 0.05) is 6.54 Å². The maximum Gasteiger partial charge on any atom is 0.342 e. The molecule has 86 valence electrons.